The van der Waals surface area contributed by atoms with E-state index < -0.39 is 18.2 Å². The van der Waals surface area contributed by atoms with Gasteiger partial charge in [0.1, 0.15) is 30.0 Å². The van der Waals surface area contributed by atoms with Crippen molar-refractivity contribution in [3.63, 3.8) is 0 Å². The van der Waals surface area contributed by atoms with Crippen LogP contribution in [0.15, 0.2) is 48.8 Å². The predicted molar refractivity (Wildman–Crippen MR) is 246 cm³/mol. The van der Waals surface area contributed by atoms with Crippen molar-refractivity contribution < 1.29 is 38.1 Å². The van der Waals surface area contributed by atoms with Gasteiger partial charge < -0.3 is 49.3 Å². The van der Waals surface area contributed by atoms with E-state index in [0.717, 1.165) is 89.3 Å². The predicted octanol–water partition coefficient (Wildman–Crippen LogP) is 8.08. The maximum absolute atomic E-state index is 14.2. The van der Waals surface area contributed by atoms with Gasteiger partial charge >= 0.3 is 12.2 Å². The molecule has 16 nitrogen and oxygen atoms in total. The summed E-state index contributed by atoms with van der Waals surface area (Å²) in [7, 11) is 2.64. The van der Waals surface area contributed by atoms with Gasteiger partial charge in [-0.1, -0.05) is 58.7 Å². The molecule has 2 aromatic carbocycles. The Labute approximate surface area is 386 Å². The van der Waals surface area contributed by atoms with Gasteiger partial charge in [0.2, 0.25) is 11.8 Å². The van der Waals surface area contributed by atoms with E-state index in [0.29, 0.717) is 44.5 Å². The van der Waals surface area contributed by atoms with Crippen LogP contribution in [-0.4, -0.2) is 106 Å². The molecule has 5 aliphatic rings. The molecule has 4 amide bonds. The fourth-order valence-corrected chi connectivity index (χ4v) is 11.3. The molecule has 9 rings (SSSR count). The van der Waals surface area contributed by atoms with Gasteiger partial charge in [0.25, 0.3) is 0 Å². The monoisotopic (exact) mass is 904 g/mol. The first-order chi connectivity index (χ1) is 31.8. The number of amides is 4. The van der Waals surface area contributed by atoms with Crippen molar-refractivity contribution in [3.8, 4) is 39.4 Å². The number of aromatic amines is 2. The van der Waals surface area contributed by atoms with Crippen LogP contribution < -0.4 is 15.4 Å². The number of benzene rings is 2. The van der Waals surface area contributed by atoms with Crippen LogP contribution in [-0.2, 0) is 30.4 Å². The number of carbonyl (C=O) groups excluding carboxylic acids is 4. The van der Waals surface area contributed by atoms with Crippen LogP contribution in [0.3, 0.4) is 0 Å². The highest BCUT2D eigenvalue weighted by molar-refractivity contribution is 5.87. The lowest BCUT2D eigenvalue weighted by atomic mass is 9.80. The molecule has 6 heterocycles. The molecule has 2 unspecified atom stereocenters. The van der Waals surface area contributed by atoms with Crippen LogP contribution in [0.2, 0.25) is 0 Å². The summed E-state index contributed by atoms with van der Waals surface area (Å²) in [6.45, 7) is 10.0. The highest BCUT2D eigenvalue weighted by Crippen LogP contribution is 2.49. The van der Waals surface area contributed by atoms with Crippen molar-refractivity contribution in [2.24, 2.45) is 23.2 Å². The number of imidazole rings is 2. The largest absolute Gasteiger partial charge is 0.488 e. The average molecular weight is 905 g/mol. The van der Waals surface area contributed by atoms with E-state index in [1.165, 1.54) is 20.6 Å². The van der Waals surface area contributed by atoms with Crippen LogP contribution in [0.4, 0.5) is 9.59 Å². The summed E-state index contributed by atoms with van der Waals surface area (Å²) in [5, 5.41) is 5.64. The van der Waals surface area contributed by atoms with Gasteiger partial charge in [0.15, 0.2) is 0 Å². The zero-order chi connectivity index (χ0) is 46.3. The maximum atomic E-state index is 14.2. The van der Waals surface area contributed by atoms with E-state index in [1.807, 2.05) is 51.1 Å². The van der Waals surface area contributed by atoms with Crippen LogP contribution >= 0.6 is 0 Å². The SMILES string of the molecule is COC(=O)NC(CC(=O)N1[C@H](c2nc(-c3ccc4c(c3)OCc3cc(-c5cnc([C@@H]6C[C@@]7(CCCOC7)CN6C(=O)C(NC(=O)OC)C(C)C)[nH]5)ccc3-4)c[nH]2)C[C@@H]2CCCC[C@@H]21)C(C)C. The molecular formula is C50H64N8O8. The summed E-state index contributed by atoms with van der Waals surface area (Å²) in [5.41, 5.74) is 6.43. The molecule has 1 aliphatic carbocycles. The minimum absolute atomic E-state index is 0.0288. The number of nitrogens with zero attached hydrogens (tertiary/aromatic N) is 4. The van der Waals surface area contributed by atoms with Crippen LogP contribution in [0.25, 0.3) is 33.6 Å². The molecule has 3 saturated heterocycles. The van der Waals surface area contributed by atoms with E-state index in [4.69, 9.17) is 28.9 Å². The van der Waals surface area contributed by atoms with Gasteiger partial charge in [-0.15, -0.1) is 0 Å². The minimum atomic E-state index is -0.747. The molecule has 4 aromatic rings. The second kappa shape index (κ2) is 18.8. The second-order valence-corrected chi connectivity index (χ2v) is 19.8. The molecule has 2 aromatic heterocycles. The van der Waals surface area contributed by atoms with Crippen molar-refractivity contribution in [1.29, 1.82) is 0 Å². The number of carbonyl (C=O) groups is 4. The molecule has 16 heteroatoms. The Balaban J connectivity index is 0.925. The minimum Gasteiger partial charge on any atom is -0.488 e. The molecule has 66 heavy (non-hydrogen) atoms. The van der Waals surface area contributed by atoms with E-state index >= 15 is 0 Å². The third-order valence-corrected chi connectivity index (χ3v) is 14.8. The topological polar surface area (TPSA) is 193 Å². The van der Waals surface area contributed by atoms with Crippen molar-refractivity contribution in [2.45, 2.75) is 122 Å². The average Bonchev–Trinajstić information content (AvgIpc) is 4.15. The molecule has 4 fully saturated rings. The van der Waals surface area contributed by atoms with Crippen LogP contribution in [0.5, 0.6) is 5.75 Å². The highest BCUT2D eigenvalue weighted by atomic mass is 16.5. The van der Waals surface area contributed by atoms with E-state index in [-0.39, 0.29) is 59.7 Å². The molecule has 352 valence electrons. The van der Waals surface area contributed by atoms with E-state index in [2.05, 4.69) is 55.8 Å². The van der Waals surface area contributed by atoms with Crippen LogP contribution in [0, 0.1) is 23.2 Å². The maximum Gasteiger partial charge on any atom is 0.407 e. The smallest absolute Gasteiger partial charge is 0.407 e. The standard InChI is InChI=1S/C50H64N8O8/c1-28(2)36(55-48(61)63-5)21-43(59)58-39-11-8-7-10-32(39)19-40(58)45-51-24-38(53-45)31-13-15-35-34-14-12-30(18-33(34)25-66-42(35)20-31)37-23-52-46(54-37)41-22-50(16-9-17-65-27-50)26-57(41)47(60)44(29(3)4)56-49(62)64-6/h12-15,18,20,23-24,28-29,32,36,39-41,44H,7-11,16-17,19,21-22,25-27H2,1-6H3,(H,51,53)(H,52,54)(H,55,61)(H,56,62)/t32-,36?,39-,40-,41-,44?,50-/m0/s1. The quantitative estimate of drug-likeness (QED) is 0.114. The number of aromatic nitrogens is 4. The number of hydrogen-bond donors (Lipinski definition) is 4. The summed E-state index contributed by atoms with van der Waals surface area (Å²) in [6.07, 6.45) is 10.6. The Morgan fingerprint density at radius 3 is 2.44 bits per heavy atom. The molecule has 1 spiro atoms. The fraction of sp³-hybridized carbons (Fsp3) is 0.560. The Kier molecular flexibility index (Phi) is 12.9. The summed E-state index contributed by atoms with van der Waals surface area (Å²) in [5.74, 6) is 2.44. The van der Waals surface area contributed by atoms with Crippen LogP contribution in [0.1, 0.15) is 115 Å². The first-order valence-corrected chi connectivity index (χ1v) is 23.7. The van der Waals surface area contributed by atoms with Gasteiger partial charge in [0, 0.05) is 54.4 Å². The van der Waals surface area contributed by atoms with Gasteiger partial charge in [-0.2, -0.15) is 0 Å². The van der Waals surface area contributed by atoms with Crippen molar-refractivity contribution in [2.75, 3.05) is 34.0 Å². The molecule has 4 N–H and O–H groups in total. The molecule has 0 bridgehead atoms. The molecule has 0 radical (unpaired) electrons. The molecule has 4 aliphatic heterocycles. The van der Waals surface area contributed by atoms with E-state index in [9.17, 15) is 19.2 Å². The lowest BCUT2D eigenvalue weighted by molar-refractivity contribution is -0.136. The van der Waals surface area contributed by atoms with Gasteiger partial charge in [-0.25, -0.2) is 19.6 Å². The number of nitrogens with one attached hydrogen (secondary N) is 4. The summed E-state index contributed by atoms with van der Waals surface area (Å²) < 4.78 is 22.1. The molecular weight excluding hydrogens is 841 g/mol. The number of methoxy groups -OCH3 is 2. The number of alkyl carbamates (subject to hydrolysis) is 2. The third kappa shape index (κ3) is 8.87. The Bertz CT molecular complexity index is 2440. The zero-order valence-electron chi connectivity index (χ0n) is 39.0. The number of likely N-dealkylation sites (tertiary alicyclic amines) is 2. The fourth-order valence-electron chi connectivity index (χ4n) is 11.3. The van der Waals surface area contributed by atoms with Crippen molar-refractivity contribution in [1.82, 2.24) is 40.4 Å². The lowest BCUT2D eigenvalue weighted by Crippen LogP contribution is -2.51. The summed E-state index contributed by atoms with van der Waals surface area (Å²) in [4.78, 5) is 73.8. The second-order valence-electron chi connectivity index (χ2n) is 19.8. The van der Waals surface area contributed by atoms with Gasteiger partial charge in [0.05, 0.1) is 50.5 Å². The molecule has 1 saturated carbocycles. The number of H-pyrrole nitrogens is 2. The van der Waals surface area contributed by atoms with Gasteiger partial charge in [-0.3, -0.25) is 9.59 Å². The number of rotatable bonds is 11. The summed E-state index contributed by atoms with van der Waals surface area (Å²) in [6, 6.07) is 11.1. The number of hydrogen-bond acceptors (Lipinski definition) is 10. The summed E-state index contributed by atoms with van der Waals surface area (Å²) >= 11 is 0. The number of ether oxygens (including phenoxy) is 4. The Hall–Kier alpha value is -5.90. The van der Waals surface area contributed by atoms with Crippen molar-refractivity contribution >= 4 is 24.0 Å². The zero-order valence-corrected chi connectivity index (χ0v) is 39.0. The Morgan fingerprint density at radius 2 is 1.68 bits per heavy atom. The highest BCUT2D eigenvalue weighted by Gasteiger charge is 2.50. The molecule has 7 atom stereocenters. The lowest BCUT2D eigenvalue weighted by Gasteiger charge is -2.35. The third-order valence-electron chi connectivity index (χ3n) is 14.8. The normalized spacial score (nSPS) is 24.3. The van der Waals surface area contributed by atoms with E-state index in [1.54, 1.807) is 0 Å². The Morgan fingerprint density at radius 1 is 0.909 bits per heavy atom. The van der Waals surface area contributed by atoms with Gasteiger partial charge in [-0.05, 0) is 91.2 Å². The first-order valence-electron chi connectivity index (χ1n) is 23.7. The van der Waals surface area contributed by atoms with Crippen molar-refractivity contribution in [3.05, 3.63) is 66.0 Å². The first kappa shape index (κ1) is 45.3. The number of fused-ring (bicyclic) bond motifs is 4.